The summed E-state index contributed by atoms with van der Waals surface area (Å²) in [4.78, 5) is 25.9. The van der Waals surface area contributed by atoms with Gasteiger partial charge in [-0.3, -0.25) is 4.79 Å². The first-order valence-electron chi connectivity index (χ1n) is 23.6. The van der Waals surface area contributed by atoms with E-state index < -0.39 is 121 Å². The number of hydrogen-bond acceptors (Lipinski definition) is 15. The number of ether oxygens (including phenoxy) is 6. The summed E-state index contributed by atoms with van der Waals surface area (Å²) in [6.07, 6.45) is -12.8. The third kappa shape index (κ3) is 7.36. The summed E-state index contributed by atoms with van der Waals surface area (Å²) in [7, 11) is 0. The maximum absolute atomic E-state index is 13.1. The quantitative estimate of drug-likeness (QED) is 0.119. The number of aliphatic hydroxyl groups excluding tert-OH is 7. The van der Waals surface area contributed by atoms with Crippen LogP contribution in [-0.2, 0) is 38.0 Å². The van der Waals surface area contributed by atoms with E-state index >= 15 is 0 Å². The highest BCUT2D eigenvalue weighted by Gasteiger charge is 2.70. The monoisotopic (exact) mass is 910 g/mol. The number of fused-ring (bicyclic) bond motifs is 7. The van der Waals surface area contributed by atoms with Gasteiger partial charge in [-0.2, -0.15) is 0 Å². The van der Waals surface area contributed by atoms with Gasteiger partial charge in [0.05, 0.1) is 24.2 Å². The minimum atomic E-state index is -1.92. The number of carboxylic acid groups (broad SMARTS) is 2. The molecule has 5 aliphatic carbocycles. The van der Waals surface area contributed by atoms with Gasteiger partial charge in [-0.05, 0) is 116 Å². The van der Waals surface area contributed by atoms with E-state index in [1.807, 2.05) is 0 Å². The molecule has 0 aromatic heterocycles. The third-order valence-corrected chi connectivity index (χ3v) is 19.0. The molecule has 3 saturated heterocycles. The standard InChI is InChI=1S/C47H74O17/c1-21-28(49)30(51)35(63-38-32(53)29(50)24(20-48)60-38)40(59-21)62-34-31(52)33(54)39(64-36(34)37(55)56)61-27-12-13-44(6)25(43(27,4)5)11-14-46(8)26(44)10-9-22-23-19-42(2,3)15-17-47(23,41(57)58)18-16-45(22,46)7/h9,21,23-36,38-40,48-54H,10-20H2,1-8H3,(H,55,56)(H,57,58)/t21-,23-,24-,25-,26+,27-,28-,29-,30+,31+,32+,33+,34-,35+,36-,38-,39+,40-,44-,45+,46+,47-/m0/s1. The summed E-state index contributed by atoms with van der Waals surface area (Å²) in [6.45, 7) is 16.9. The van der Waals surface area contributed by atoms with Gasteiger partial charge in [0.25, 0.3) is 0 Å². The molecule has 0 spiro atoms. The van der Waals surface area contributed by atoms with E-state index in [4.69, 9.17) is 28.4 Å². The Morgan fingerprint density at radius 1 is 0.688 bits per heavy atom. The molecular weight excluding hydrogens is 837 g/mol. The molecule has 7 fully saturated rings. The highest BCUT2D eigenvalue weighted by Crippen LogP contribution is 2.76. The van der Waals surface area contributed by atoms with Crippen LogP contribution >= 0.6 is 0 Å². The van der Waals surface area contributed by atoms with Gasteiger partial charge in [-0.25, -0.2) is 4.79 Å². The molecular formula is C47H74O17. The predicted octanol–water partition coefficient (Wildman–Crippen LogP) is 2.47. The fourth-order valence-electron chi connectivity index (χ4n) is 14.9. The van der Waals surface area contributed by atoms with Gasteiger partial charge in [0.2, 0.25) is 0 Å². The van der Waals surface area contributed by atoms with Gasteiger partial charge < -0.3 is 74.4 Å². The van der Waals surface area contributed by atoms with Crippen molar-refractivity contribution in [1.82, 2.24) is 0 Å². The van der Waals surface area contributed by atoms with Crippen molar-refractivity contribution in [2.45, 2.75) is 212 Å². The van der Waals surface area contributed by atoms with Crippen molar-refractivity contribution in [3.05, 3.63) is 11.6 Å². The lowest BCUT2D eigenvalue weighted by molar-refractivity contribution is -0.373. The molecule has 64 heavy (non-hydrogen) atoms. The zero-order valence-corrected chi connectivity index (χ0v) is 38.5. The van der Waals surface area contributed by atoms with Crippen LogP contribution in [0.25, 0.3) is 0 Å². The lowest BCUT2D eigenvalue weighted by Gasteiger charge is -2.71. The SMILES string of the molecule is C[C@@H]1O[C@@H](O[C@H]2[C@H](O)[C@@H](O)[C@H](O[C@H]3CC[C@]4(C)[C@H]5CC=C6[C@@H]7CC(C)(C)CC[C@]7(C(=O)O)CC[C@@]6(C)[C@]5(C)CC[C@H]4C3(C)C)O[C@@H]2C(=O)O)[C@H](O[C@@H]2O[C@@H](CO)[C@H](O)[C@H]2O)[C@H](O)[C@H]1O. The lowest BCUT2D eigenvalue weighted by Crippen LogP contribution is -2.67. The normalized spacial score (nSPS) is 53.2. The Hall–Kier alpha value is -1.84. The summed E-state index contributed by atoms with van der Waals surface area (Å²) < 4.78 is 35.4. The average Bonchev–Trinajstić information content (AvgIpc) is 3.49. The molecule has 9 N–H and O–H groups in total. The molecule has 3 heterocycles. The summed E-state index contributed by atoms with van der Waals surface area (Å²) in [6, 6.07) is 0. The topological polar surface area (TPSA) is 272 Å². The van der Waals surface area contributed by atoms with E-state index in [0.717, 1.165) is 44.9 Å². The fraction of sp³-hybridized carbons (Fsp3) is 0.915. The second kappa shape index (κ2) is 16.7. The number of aliphatic hydroxyl groups is 7. The maximum atomic E-state index is 13.1. The lowest BCUT2D eigenvalue weighted by atomic mass is 9.33. The van der Waals surface area contributed by atoms with Crippen molar-refractivity contribution in [3.63, 3.8) is 0 Å². The molecule has 364 valence electrons. The van der Waals surface area contributed by atoms with E-state index in [1.165, 1.54) is 12.5 Å². The molecule has 0 amide bonds. The molecule has 17 heteroatoms. The number of carbonyl (C=O) groups is 2. The highest BCUT2D eigenvalue weighted by molar-refractivity contribution is 5.76. The van der Waals surface area contributed by atoms with Crippen molar-refractivity contribution in [1.29, 1.82) is 0 Å². The van der Waals surface area contributed by atoms with Gasteiger partial charge in [0.15, 0.2) is 25.0 Å². The minimum Gasteiger partial charge on any atom is -0.481 e. The molecule has 0 aromatic carbocycles. The number of aliphatic carboxylic acids is 2. The molecule has 3 aliphatic heterocycles. The number of allylic oxidation sites excluding steroid dienone is 2. The van der Waals surface area contributed by atoms with E-state index in [-0.39, 0.29) is 33.5 Å². The predicted molar refractivity (Wildman–Crippen MR) is 224 cm³/mol. The van der Waals surface area contributed by atoms with Crippen molar-refractivity contribution >= 4 is 11.9 Å². The van der Waals surface area contributed by atoms with Crippen LogP contribution in [0.3, 0.4) is 0 Å². The molecule has 17 nitrogen and oxygen atoms in total. The second-order valence-electron chi connectivity index (χ2n) is 23.0. The van der Waals surface area contributed by atoms with Gasteiger partial charge in [0, 0.05) is 0 Å². The number of rotatable bonds is 9. The summed E-state index contributed by atoms with van der Waals surface area (Å²) >= 11 is 0. The van der Waals surface area contributed by atoms with Crippen molar-refractivity contribution < 1.29 is 84.0 Å². The van der Waals surface area contributed by atoms with E-state index in [9.17, 15) is 55.5 Å². The average molecular weight is 911 g/mol. The Morgan fingerprint density at radius 3 is 1.95 bits per heavy atom. The van der Waals surface area contributed by atoms with Gasteiger partial charge in [-0.15, -0.1) is 0 Å². The second-order valence-corrected chi connectivity index (χ2v) is 23.0. The number of carboxylic acids is 2. The van der Waals surface area contributed by atoms with Gasteiger partial charge in [-0.1, -0.05) is 60.1 Å². The molecule has 0 aromatic rings. The Bertz CT molecular complexity index is 1810. The molecule has 0 unspecified atom stereocenters. The van der Waals surface area contributed by atoms with Crippen LogP contribution in [-0.4, -0.2) is 157 Å². The first kappa shape index (κ1) is 48.6. The van der Waals surface area contributed by atoms with Gasteiger partial charge >= 0.3 is 11.9 Å². The first-order chi connectivity index (χ1) is 29.8. The molecule has 22 atom stereocenters. The van der Waals surface area contributed by atoms with Gasteiger partial charge in [0.1, 0.15) is 54.9 Å². The van der Waals surface area contributed by atoms with Crippen LogP contribution in [0.5, 0.6) is 0 Å². The van der Waals surface area contributed by atoms with E-state index in [1.54, 1.807) is 0 Å². The van der Waals surface area contributed by atoms with Crippen LogP contribution in [0.1, 0.15) is 120 Å². The Labute approximate surface area is 375 Å². The maximum Gasteiger partial charge on any atom is 0.335 e. The summed E-state index contributed by atoms with van der Waals surface area (Å²) in [5.41, 5.74) is -0.110. The molecule has 4 saturated carbocycles. The fourth-order valence-corrected chi connectivity index (χ4v) is 14.9. The molecule has 0 bridgehead atoms. The Kier molecular flexibility index (Phi) is 12.7. The van der Waals surface area contributed by atoms with E-state index in [0.29, 0.717) is 25.2 Å². The zero-order valence-electron chi connectivity index (χ0n) is 38.5. The van der Waals surface area contributed by atoms with E-state index in [2.05, 4.69) is 54.5 Å². The first-order valence-corrected chi connectivity index (χ1v) is 23.6. The number of hydrogen-bond donors (Lipinski definition) is 9. The third-order valence-electron chi connectivity index (χ3n) is 19.0. The van der Waals surface area contributed by atoms with Crippen LogP contribution in [0, 0.1) is 50.2 Å². The molecule has 0 radical (unpaired) electrons. The zero-order chi connectivity index (χ0) is 46.9. The summed E-state index contributed by atoms with van der Waals surface area (Å²) in [5, 5.41) is 96.4. The van der Waals surface area contributed by atoms with Crippen LogP contribution in [0.4, 0.5) is 0 Å². The summed E-state index contributed by atoms with van der Waals surface area (Å²) in [5.74, 6) is -1.70. The van der Waals surface area contributed by atoms with Crippen LogP contribution < -0.4 is 0 Å². The Balaban J connectivity index is 0.991. The smallest absolute Gasteiger partial charge is 0.335 e. The van der Waals surface area contributed by atoms with Crippen molar-refractivity contribution in [2.24, 2.45) is 50.2 Å². The highest BCUT2D eigenvalue weighted by atomic mass is 16.8. The van der Waals surface area contributed by atoms with Crippen LogP contribution in [0.2, 0.25) is 0 Å². The van der Waals surface area contributed by atoms with Crippen molar-refractivity contribution in [2.75, 3.05) is 6.61 Å². The molecule has 8 aliphatic rings. The van der Waals surface area contributed by atoms with Crippen molar-refractivity contribution in [3.8, 4) is 0 Å². The largest absolute Gasteiger partial charge is 0.481 e. The van der Waals surface area contributed by atoms with Crippen LogP contribution in [0.15, 0.2) is 11.6 Å². The minimum absolute atomic E-state index is 0.0114. The Morgan fingerprint density at radius 2 is 1.31 bits per heavy atom. The molecule has 8 rings (SSSR count).